The lowest BCUT2D eigenvalue weighted by Crippen LogP contribution is -2.43. The number of hydrogen-bond acceptors (Lipinski definition) is 1. The van der Waals surface area contributed by atoms with Crippen LogP contribution in [-0.2, 0) is 0 Å². The van der Waals surface area contributed by atoms with Gasteiger partial charge >= 0.3 is 6.03 Å². The molecule has 2 amide bonds. The number of hydrogen-bond donors (Lipinski definition) is 2. The fourth-order valence-corrected chi connectivity index (χ4v) is 2.04. The number of terminal acetylenes is 1. The molecule has 1 aliphatic carbocycles. The van der Waals surface area contributed by atoms with Crippen LogP contribution < -0.4 is 10.6 Å². The summed E-state index contributed by atoms with van der Waals surface area (Å²) in [4.78, 5) is 11.5. The van der Waals surface area contributed by atoms with Crippen molar-refractivity contribution in [2.45, 2.75) is 57.4 Å². The van der Waals surface area contributed by atoms with E-state index in [1.807, 2.05) is 0 Å². The van der Waals surface area contributed by atoms with Crippen LogP contribution >= 0.6 is 0 Å². The molecule has 0 aromatic rings. The molecule has 0 aliphatic heterocycles. The third-order valence-corrected chi connectivity index (χ3v) is 2.97. The summed E-state index contributed by atoms with van der Waals surface area (Å²) in [6.45, 7) is 0.722. The number of carbonyl (C=O) groups excluding carboxylic acids is 1. The maximum atomic E-state index is 11.5. The first-order valence-corrected chi connectivity index (χ1v) is 6.31. The maximum Gasteiger partial charge on any atom is 0.315 e. The lowest BCUT2D eigenvalue weighted by Gasteiger charge is -2.22. The van der Waals surface area contributed by atoms with Gasteiger partial charge in [-0.1, -0.05) is 19.3 Å². The number of carbonyl (C=O) groups is 1. The first kappa shape index (κ1) is 12.9. The second-order valence-corrected chi connectivity index (χ2v) is 4.40. The third kappa shape index (κ3) is 5.65. The van der Waals surface area contributed by atoms with Gasteiger partial charge < -0.3 is 10.6 Å². The summed E-state index contributed by atoms with van der Waals surface area (Å²) >= 11 is 0. The molecule has 0 aromatic carbocycles. The quantitative estimate of drug-likeness (QED) is 0.544. The van der Waals surface area contributed by atoms with Gasteiger partial charge in [-0.3, -0.25) is 0 Å². The highest BCUT2D eigenvalue weighted by Crippen LogP contribution is 2.16. The number of amides is 2. The van der Waals surface area contributed by atoms with E-state index in [0.29, 0.717) is 6.04 Å². The van der Waals surface area contributed by atoms with Crippen LogP contribution in [0.1, 0.15) is 51.4 Å². The summed E-state index contributed by atoms with van der Waals surface area (Å²) < 4.78 is 0. The van der Waals surface area contributed by atoms with E-state index in [-0.39, 0.29) is 6.03 Å². The predicted molar refractivity (Wildman–Crippen MR) is 66.1 cm³/mol. The van der Waals surface area contributed by atoms with Crippen LogP contribution in [0.4, 0.5) is 4.79 Å². The molecule has 90 valence electrons. The monoisotopic (exact) mass is 222 g/mol. The molecule has 3 nitrogen and oxygen atoms in total. The predicted octanol–water partition coefficient (Wildman–Crippen LogP) is 2.42. The van der Waals surface area contributed by atoms with E-state index in [9.17, 15) is 4.79 Å². The molecule has 1 rings (SSSR count). The van der Waals surface area contributed by atoms with Crippen molar-refractivity contribution in [3.8, 4) is 12.3 Å². The minimum atomic E-state index is -0.0207. The normalized spacial score (nSPS) is 16.4. The summed E-state index contributed by atoms with van der Waals surface area (Å²) in [5, 5.41) is 5.89. The van der Waals surface area contributed by atoms with Crippen molar-refractivity contribution < 1.29 is 4.79 Å². The van der Waals surface area contributed by atoms with Gasteiger partial charge in [0.15, 0.2) is 0 Å². The summed E-state index contributed by atoms with van der Waals surface area (Å²) in [5.74, 6) is 2.59. The van der Waals surface area contributed by atoms with Gasteiger partial charge in [0, 0.05) is 19.0 Å². The Bertz CT molecular complexity index is 239. The van der Waals surface area contributed by atoms with Crippen molar-refractivity contribution >= 4 is 6.03 Å². The van der Waals surface area contributed by atoms with E-state index in [4.69, 9.17) is 6.42 Å². The highest BCUT2D eigenvalue weighted by atomic mass is 16.2. The topological polar surface area (TPSA) is 41.1 Å². The van der Waals surface area contributed by atoms with Crippen LogP contribution in [0.25, 0.3) is 0 Å². The molecule has 16 heavy (non-hydrogen) atoms. The van der Waals surface area contributed by atoms with Gasteiger partial charge in [0.1, 0.15) is 0 Å². The minimum Gasteiger partial charge on any atom is -0.338 e. The van der Waals surface area contributed by atoms with Crippen molar-refractivity contribution in [1.82, 2.24) is 10.6 Å². The van der Waals surface area contributed by atoms with Crippen molar-refractivity contribution in [2.24, 2.45) is 0 Å². The van der Waals surface area contributed by atoms with E-state index in [0.717, 1.165) is 38.6 Å². The fraction of sp³-hybridized carbons (Fsp3) is 0.769. The Balaban J connectivity index is 1.99. The van der Waals surface area contributed by atoms with Crippen LogP contribution in [0, 0.1) is 12.3 Å². The van der Waals surface area contributed by atoms with Gasteiger partial charge in [-0.05, 0) is 25.7 Å². The average molecular weight is 222 g/mol. The zero-order valence-electron chi connectivity index (χ0n) is 9.93. The molecule has 0 unspecified atom stereocenters. The number of rotatable bonds is 5. The number of unbranched alkanes of at least 4 members (excludes halogenated alkanes) is 2. The second-order valence-electron chi connectivity index (χ2n) is 4.40. The van der Waals surface area contributed by atoms with Gasteiger partial charge in [-0.15, -0.1) is 12.3 Å². The van der Waals surface area contributed by atoms with Crippen molar-refractivity contribution in [2.75, 3.05) is 6.54 Å². The van der Waals surface area contributed by atoms with Crippen LogP contribution in [-0.4, -0.2) is 18.6 Å². The summed E-state index contributed by atoms with van der Waals surface area (Å²) in [6.07, 6.45) is 13.9. The lowest BCUT2D eigenvalue weighted by atomic mass is 9.96. The molecular weight excluding hydrogens is 200 g/mol. The highest BCUT2D eigenvalue weighted by molar-refractivity contribution is 5.74. The van der Waals surface area contributed by atoms with E-state index in [1.165, 1.54) is 19.3 Å². The Hall–Kier alpha value is -1.17. The van der Waals surface area contributed by atoms with Gasteiger partial charge in [0.05, 0.1) is 0 Å². The standard InChI is InChI=1S/C13H22N2O/c1-2-3-4-8-11-14-13(16)15-12-9-6-5-7-10-12/h1,12H,3-11H2,(H2,14,15,16). The number of nitrogens with one attached hydrogen (secondary N) is 2. The summed E-state index contributed by atoms with van der Waals surface area (Å²) in [5.41, 5.74) is 0. The maximum absolute atomic E-state index is 11.5. The molecular formula is C13H22N2O. The first-order chi connectivity index (χ1) is 7.83. The summed E-state index contributed by atoms with van der Waals surface area (Å²) in [6, 6.07) is 0.368. The van der Waals surface area contributed by atoms with Crippen LogP contribution in [0.5, 0.6) is 0 Å². The van der Waals surface area contributed by atoms with Crippen molar-refractivity contribution in [3.05, 3.63) is 0 Å². The lowest BCUT2D eigenvalue weighted by molar-refractivity contribution is 0.232. The SMILES string of the molecule is C#CCCCCNC(=O)NC1CCCCC1. The first-order valence-electron chi connectivity index (χ1n) is 6.31. The Morgan fingerprint density at radius 2 is 2.00 bits per heavy atom. The highest BCUT2D eigenvalue weighted by Gasteiger charge is 2.14. The minimum absolute atomic E-state index is 0.0207. The van der Waals surface area contributed by atoms with Crippen molar-refractivity contribution in [1.29, 1.82) is 0 Å². The van der Waals surface area contributed by atoms with Gasteiger partial charge in [0.2, 0.25) is 0 Å². The molecule has 0 bridgehead atoms. The Kier molecular flexibility index (Phi) is 6.48. The molecule has 1 saturated carbocycles. The second kappa shape index (κ2) is 8.04. The average Bonchev–Trinajstić information content (AvgIpc) is 2.30. The largest absolute Gasteiger partial charge is 0.338 e. The van der Waals surface area contributed by atoms with E-state index in [2.05, 4.69) is 16.6 Å². The number of urea groups is 1. The molecule has 3 heteroatoms. The van der Waals surface area contributed by atoms with Crippen LogP contribution in [0.3, 0.4) is 0 Å². The molecule has 0 aromatic heterocycles. The molecule has 1 fully saturated rings. The molecule has 0 spiro atoms. The Labute approximate surface area is 98.4 Å². The molecule has 1 aliphatic rings. The van der Waals surface area contributed by atoms with E-state index in [1.54, 1.807) is 0 Å². The third-order valence-electron chi connectivity index (χ3n) is 2.97. The Morgan fingerprint density at radius 1 is 1.25 bits per heavy atom. The van der Waals surface area contributed by atoms with E-state index < -0.39 is 0 Å². The zero-order chi connectivity index (χ0) is 11.6. The molecule has 0 radical (unpaired) electrons. The zero-order valence-corrected chi connectivity index (χ0v) is 9.93. The molecule has 0 heterocycles. The van der Waals surface area contributed by atoms with Crippen LogP contribution in [0.15, 0.2) is 0 Å². The van der Waals surface area contributed by atoms with Crippen LogP contribution in [0.2, 0.25) is 0 Å². The van der Waals surface area contributed by atoms with Crippen molar-refractivity contribution in [3.63, 3.8) is 0 Å². The summed E-state index contributed by atoms with van der Waals surface area (Å²) in [7, 11) is 0. The molecule has 2 N–H and O–H groups in total. The Morgan fingerprint density at radius 3 is 2.69 bits per heavy atom. The fourth-order valence-electron chi connectivity index (χ4n) is 2.04. The smallest absolute Gasteiger partial charge is 0.315 e. The van der Waals surface area contributed by atoms with Gasteiger partial charge in [0.25, 0.3) is 0 Å². The molecule has 0 atom stereocenters. The molecule has 0 saturated heterocycles. The van der Waals surface area contributed by atoms with Gasteiger partial charge in [-0.2, -0.15) is 0 Å². The van der Waals surface area contributed by atoms with E-state index >= 15 is 0 Å². The van der Waals surface area contributed by atoms with Gasteiger partial charge in [-0.25, -0.2) is 4.79 Å².